The number of carbonyl (C=O) groups excluding carboxylic acids is 2. The van der Waals surface area contributed by atoms with Crippen LogP contribution in [0.3, 0.4) is 0 Å². The van der Waals surface area contributed by atoms with Crippen molar-refractivity contribution in [2.75, 3.05) is 12.8 Å². The molecule has 0 fully saturated rings. The van der Waals surface area contributed by atoms with Crippen LogP contribution in [0.25, 0.3) is 0 Å². The molecule has 0 aromatic heterocycles. The first-order valence-electron chi connectivity index (χ1n) is 6.12. The maximum Gasteiger partial charge on any atom is 0.339 e. The molecule has 0 heterocycles. The Morgan fingerprint density at radius 2 is 1.85 bits per heavy atom. The lowest BCUT2D eigenvalue weighted by atomic mass is 10.0. The van der Waals surface area contributed by atoms with Gasteiger partial charge in [0, 0.05) is 5.69 Å². The Balaban J connectivity index is 3.02. The summed E-state index contributed by atoms with van der Waals surface area (Å²) in [5, 5.41) is 0. The number of nitrogen functional groups attached to an aromatic ring is 1. The molecule has 0 saturated heterocycles. The van der Waals surface area contributed by atoms with Crippen LogP contribution in [0.4, 0.5) is 5.69 Å². The van der Waals surface area contributed by atoms with Crippen LogP contribution in [0.2, 0.25) is 0 Å². The summed E-state index contributed by atoms with van der Waals surface area (Å²) in [6, 6.07) is 3.54. The predicted octanol–water partition coefficient (Wildman–Crippen LogP) is 1.40. The molecule has 0 bridgehead atoms. The molecule has 6 nitrogen and oxygen atoms in total. The first kappa shape index (κ1) is 16.0. The Bertz CT molecular complexity index is 520. The molecule has 6 heteroatoms. The summed E-state index contributed by atoms with van der Waals surface area (Å²) in [4.78, 5) is 23.4. The predicted molar refractivity (Wildman–Crippen MR) is 75.0 cm³/mol. The van der Waals surface area contributed by atoms with Crippen LogP contribution in [-0.4, -0.2) is 24.6 Å². The summed E-state index contributed by atoms with van der Waals surface area (Å²) in [6.45, 7) is 5.25. The largest absolute Gasteiger partial charge is 0.465 e. The Labute approximate surface area is 118 Å². The second kappa shape index (κ2) is 5.92. The number of benzene rings is 1. The fraction of sp³-hybridized carbons (Fsp3) is 0.429. The lowest BCUT2D eigenvalue weighted by molar-refractivity contribution is -0.156. The standard InChI is InChI=1S/C14H20N2O4/c1-14(2,3)20-13(18)11(16)8-5-6-10(15)9(7-8)12(17)19-4/h5-7,11H,15-16H2,1-4H3. The molecule has 0 aliphatic heterocycles. The smallest absolute Gasteiger partial charge is 0.339 e. The summed E-state index contributed by atoms with van der Waals surface area (Å²) in [5.74, 6) is -1.15. The zero-order valence-corrected chi connectivity index (χ0v) is 12.1. The molecule has 0 saturated carbocycles. The number of ether oxygens (including phenoxy) is 2. The lowest BCUT2D eigenvalue weighted by Gasteiger charge is -2.22. The Kier molecular flexibility index (Phi) is 4.73. The van der Waals surface area contributed by atoms with Crippen LogP contribution in [0.15, 0.2) is 18.2 Å². The second-order valence-electron chi connectivity index (χ2n) is 5.35. The van der Waals surface area contributed by atoms with E-state index in [1.165, 1.54) is 19.2 Å². The number of methoxy groups -OCH3 is 1. The number of hydrogen-bond donors (Lipinski definition) is 2. The summed E-state index contributed by atoms with van der Waals surface area (Å²) in [6.07, 6.45) is 0. The van der Waals surface area contributed by atoms with Gasteiger partial charge in [-0.25, -0.2) is 9.59 Å². The van der Waals surface area contributed by atoms with E-state index in [1.54, 1.807) is 26.8 Å². The van der Waals surface area contributed by atoms with Gasteiger partial charge in [0.1, 0.15) is 11.6 Å². The van der Waals surface area contributed by atoms with E-state index in [1.807, 2.05) is 0 Å². The summed E-state index contributed by atoms with van der Waals surface area (Å²) in [5.41, 5.74) is 11.8. The molecular formula is C14H20N2O4. The summed E-state index contributed by atoms with van der Waals surface area (Å²) >= 11 is 0. The monoisotopic (exact) mass is 280 g/mol. The molecule has 4 N–H and O–H groups in total. The summed E-state index contributed by atoms with van der Waals surface area (Å²) in [7, 11) is 1.25. The van der Waals surface area contributed by atoms with E-state index in [2.05, 4.69) is 4.74 Å². The minimum Gasteiger partial charge on any atom is -0.465 e. The van der Waals surface area contributed by atoms with E-state index in [4.69, 9.17) is 16.2 Å². The number of esters is 2. The molecule has 1 aromatic rings. The third-order valence-corrected chi connectivity index (χ3v) is 2.50. The van der Waals surface area contributed by atoms with Crippen molar-refractivity contribution >= 4 is 17.6 Å². The van der Waals surface area contributed by atoms with E-state index in [9.17, 15) is 9.59 Å². The van der Waals surface area contributed by atoms with Crippen molar-refractivity contribution in [3.63, 3.8) is 0 Å². The van der Waals surface area contributed by atoms with Gasteiger partial charge in [-0.2, -0.15) is 0 Å². The maximum absolute atomic E-state index is 11.9. The highest BCUT2D eigenvalue weighted by Crippen LogP contribution is 2.21. The van der Waals surface area contributed by atoms with Gasteiger partial charge >= 0.3 is 11.9 Å². The van der Waals surface area contributed by atoms with Gasteiger partial charge < -0.3 is 20.9 Å². The molecule has 1 unspecified atom stereocenters. The molecule has 1 atom stereocenters. The molecule has 0 aliphatic carbocycles. The van der Waals surface area contributed by atoms with E-state index in [0.29, 0.717) is 5.56 Å². The SMILES string of the molecule is COC(=O)c1cc(C(N)C(=O)OC(C)(C)C)ccc1N. The van der Waals surface area contributed by atoms with E-state index in [0.717, 1.165) is 0 Å². The highest BCUT2D eigenvalue weighted by Gasteiger charge is 2.24. The first-order valence-corrected chi connectivity index (χ1v) is 6.12. The molecule has 0 aliphatic rings. The lowest BCUT2D eigenvalue weighted by Crippen LogP contribution is -2.31. The fourth-order valence-corrected chi connectivity index (χ4v) is 1.56. The molecule has 20 heavy (non-hydrogen) atoms. The highest BCUT2D eigenvalue weighted by atomic mass is 16.6. The molecular weight excluding hydrogens is 260 g/mol. The van der Waals surface area contributed by atoms with Crippen LogP contribution in [-0.2, 0) is 14.3 Å². The van der Waals surface area contributed by atoms with Crippen molar-refractivity contribution in [2.24, 2.45) is 5.73 Å². The van der Waals surface area contributed by atoms with Gasteiger partial charge in [-0.15, -0.1) is 0 Å². The van der Waals surface area contributed by atoms with Crippen LogP contribution >= 0.6 is 0 Å². The third-order valence-electron chi connectivity index (χ3n) is 2.50. The van der Waals surface area contributed by atoms with E-state index < -0.39 is 23.6 Å². The van der Waals surface area contributed by atoms with E-state index in [-0.39, 0.29) is 11.3 Å². The van der Waals surface area contributed by atoms with Gasteiger partial charge in [-0.3, -0.25) is 0 Å². The molecule has 0 spiro atoms. The zero-order valence-electron chi connectivity index (χ0n) is 12.1. The van der Waals surface area contributed by atoms with Gasteiger partial charge in [0.05, 0.1) is 12.7 Å². The van der Waals surface area contributed by atoms with Crippen molar-refractivity contribution in [1.29, 1.82) is 0 Å². The average molecular weight is 280 g/mol. The van der Waals surface area contributed by atoms with Crippen LogP contribution in [0.1, 0.15) is 42.7 Å². The van der Waals surface area contributed by atoms with Crippen molar-refractivity contribution in [3.8, 4) is 0 Å². The molecule has 1 aromatic carbocycles. The van der Waals surface area contributed by atoms with Gasteiger partial charge in [0.25, 0.3) is 0 Å². The van der Waals surface area contributed by atoms with Gasteiger partial charge in [0.2, 0.25) is 0 Å². The molecule has 1 rings (SSSR count). The Hall–Kier alpha value is -2.08. The molecule has 0 amide bonds. The van der Waals surface area contributed by atoms with Crippen LogP contribution in [0, 0.1) is 0 Å². The maximum atomic E-state index is 11.9. The number of carbonyl (C=O) groups is 2. The van der Waals surface area contributed by atoms with Gasteiger partial charge in [-0.05, 0) is 38.5 Å². The third kappa shape index (κ3) is 3.96. The van der Waals surface area contributed by atoms with Crippen molar-refractivity contribution in [2.45, 2.75) is 32.4 Å². The van der Waals surface area contributed by atoms with Crippen LogP contribution < -0.4 is 11.5 Å². The molecule has 110 valence electrons. The van der Waals surface area contributed by atoms with Gasteiger partial charge in [-0.1, -0.05) is 6.07 Å². The number of rotatable bonds is 3. The quantitative estimate of drug-likeness (QED) is 0.640. The number of anilines is 1. The minimum atomic E-state index is -0.988. The number of hydrogen-bond acceptors (Lipinski definition) is 6. The Morgan fingerprint density at radius 3 is 2.35 bits per heavy atom. The van der Waals surface area contributed by atoms with Crippen LogP contribution in [0.5, 0.6) is 0 Å². The van der Waals surface area contributed by atoms with Crippen molar-refractivity contribution in [1.82, 2.24) is 0 Å². The average Bonchev–Trinajstić information content (AvgIpc) is 2.35. The van der Waals surface area contributed by atoms with Gasteiger partial charge in [0.15, 0.2) is 0 Å². The van der Waals surface area contributed by atoms with Crippen molar-refractivity contribution in [3.05, 3.63) is 29.3 Å². The number of nitrogens with two attached hydrogens (primary N) is 2. The second-order valence-corrected chi connectivity index (χ2v) is 5.35. The van der Waals surface area contributed by atoms with Crippen molar-refractivity contribution < 1.29 is 19.1 Å². The van der Waals surface area contributed by atoms with E-state index >= 15 is 0 Å². The highest BCUT2D eigenvalue weighted by molar-refractivity contribution is 5.95. The Morgan fingerprint density at radius 1 is 1.25 bits per heavy atom. The first-order chi connectivity index (χ1) is 9.15. The minimum absolute atomic E-state index is 0.170. The topological polar surface area (TPSA) is 105 Å². The normalized spacial score (nSPS) is 12.7. The zero-order chi connectivity index (χ0) is 15.5. The summed E-state index contributed by atoms with van der Waals surface area (Å²) < 4.78 is 9.82. The fourth-order valence-electron chi connectivity index (χ4n) is 1.56. The molecule has 0 radical (unpaired) electrons.